The van der Waals surface area contributed by atoms with Crippen molar-refractivity contribution in [3.05, 3.63) is 16.1 Å². The molecule has 0 amide bonds. The number of nitrogens with zero attached hydrogens (tertiary/aromatic N) is 2. The minimum Gasteiger partial charge on any atom is -0.312 e. The fraction of sp³-hybridized carbons (Fsp3) is 0.786. The van der Waals surface area contributed by atoms with Crippen molar-refractivity contribution in [2.24, 2.45) is 5.92 Å². The Hall–Kier alpha value is -0.450. The van der Waals surface area contributed by atoms with Gasteiger partial charge < -0.3 is 5.32 Å². The number of aryl methyl sites for hydroxylation is 1. The maximum absolute atomic E-state index is 4.60. The molecule has 2 heterocycles. The van der Waals surface area contributed by atoms with Gasteiger partial charge in [-0.2, -0.15) is 0 Å². The van der Waals surface area contributed by atoms with E-state index in [2.05, 4.69) is 48.3 Å². The van der Waals surface area contributed by atoms with Crippen LogP contribution in [-0.2, 0) is 6.54 Å². The number of rotatable bonds is 3. The van der Waals surface area contributed by atoms with E-state index in [1.54, 1.807) is 11.3 Å². The third kappa shape index (κ3) is 3.53. The van der Waals surface area contributed by atoms with Crippen molar-refractivity contribution in [2.75, 3.05) is 13.1 Å². The molecule has 1 aromatic rings. The molecule has 0 radical (unpaired) electrons. The van der Waals surface area contributed by atoms with Gasteiger partial charge in [0.15, 0.2) is 0 Å². The van der Waals surface area contributed by atoms with Crippen LogP contribution in [-0.4, -0.2) is 35.1 Å². The topological polar surface area (TPSA) is 28.2 Å². The number of nitrogens with one attached hydrogen (secondary N) is 1. The highest BCUT2D eigenvalue weighted by Gasteiger charge is 2.25. The van der Waals surface area contributed by atoms with E-state index < -0.39 is 0 Å². The summed E-state index contributed by atoms with van der Waals surface area (Å²) in [4.78, 5) is 7.18. The van der Waals surface area contributed by atoms with E-state index in [4.69, 9.17) is 0 Å². The van der Waals surface area contributed by atoms with Crippen LogP contribution < -0.4 is 5.32 Å². The second-order valence-corrected chi connectivity index (χ2v) is 6.79. The monoisotopic (exact) mass is 267 g/mol. The molecule has 1 saturated heterocycles. The molecule has 2 rings (SSSR count). The van der Waals surface area contributed by atoms with Crippen LogP contribution in [0.4, 0.5) is 0 Å². The lowest BCUT2D eigenvalue weighted by Crippen LogP contribution is -2.42. The molecule has 1 aliphatic heterocycles. The van der Waals surface area contributed by atoms with Crippen molar-refractivity contribution in [2.45, 2.75) is 52.7 Å². The Kier molecular flexibility index (Phi) is 4.76. The number of hydrogen-bond acceptors (Lipinski definition) is 4. The van der Waals surface area contributed by atoms with Gasteiger partial charge in [-0.25, -0.2) is 4.98 Å². The van der Waals surface area contributed by atoms with Crippen LogP contribution in [0.3, 0.4) is 0 Å². The summed E-state index contributed by atoms with van der Waals surface area (Å²) in [6, 6.07) is 1.25. The first-order valence-electron chi connectivity index (χ1n) is 6.94. The first-order chi connectivity index (χ1) is 8.56. The highest BCUT2D eigenvalue weighted by Crippen LogP contribution is 2.17. The molecule has 1 aromatic heterocycles. The smallest absolute Gasteiger partial charge is 0.0897 e. The summed E-state index contributed by atoms with van der Waals surface area (Å²) >= 11 is 1.75. The number of aromatic nitrogens is 1. The fourth-order valence-electron chi connectivity index (χ4n) is 2.51. The van der Waals surface area contributed by atoms with Crippen LogP contribution in [0.15, 0.2) is 5.38 Å². The zero-order chi connectivity index (χ0) is 13.1. The van der Waals surface area contributed by atoms with E-state index in [0.29, 0.717) is 18.0 Å². The lowest BCUT2D eigenvalue weighted by molar-refractivity contribution is 0.182. The average molecular weight is 267 g/mol. The molecule has 0 saturated carbocycles. The van der Waals surface area contributed by atoms with Gasteiger partial charge in [-0.3, -0.25) is 4.90 Å². The Morgan fingerprint density at radius 3 is 2.94 bits per heavy atom. The van der Waals surface area contributed by atoms with E-state index in [9.17, 15) is 0 Å². The molecule has 0 aliphatic carbocycles. The quantitative estimate of drug-likeness (QED) is 0.912. The Morgan fingerprint density at radius 2 is 2.33 bits per heavy atom. The summed E-state index contributed by atoms with van der Waals surface area (Å²) in [6.07, 6.45) is 1.23. The molecule has 2 unspecified atom stereocenters. The summed E-state index contributed by atoms with van der Waals surface area (Å²) < 4.78 is 0. The zero-order valence-corrected chi connectivity index (χ0v) is 12.8. The van der Waals surface area contributed by atoms with Crippen molar-refractivity contribution in [1.29, 1.82) is 0 Å². The predicted octanol–water partition coefficient (Wildman–Crippen LogP) is 2.66. The van der Waals surface area contributed by atoms with Crippen LogP contribution >= 0.6 is 11.3 Å². The van der Waals surface area contributed by atoms with Crippen LogP contribution in [0.5, 0.6) is 0 Å². The highest BCUT2D eigenvalue weighted by atomic mass is 32.1. The van der Waals surface area contributed by atoms with Crippen LogP contribution in [0.25, 0.3) is 0 Å². The molecule has 4 heteroatoms. The van der Waals surface area contributed by atoms with Gasteiger partial charge in [0.25, 0.3) is 0 Å². The molecule has 0 bridgehead atoms. The van der Waals surface area contributed by atoms with Crippen LogP contribution in [0, 0.1) is 12.8 Å². The van der Waals surface area contributed by atoms with Gasteiger partial charge >= 0.3 is 0 Å². The van der Waals surface area contributed by atoms with Crippen molar-refractivity contribution >= 4 is 11.3 Å². The van der Waals surface area contributed by atoms with Gasteiger partial charge in [0.05, 0.1) is 10.7 Å². The van der Waals surface area contributed by atoms with Crippen molar-refractivity contribution in [1.82, 2.24) is 15.2 Å². The van der Waals surface area contributed by atoms with E-state index in [1.807, 2.05) is 0 Å². The minimum atomic E-state index is 0.606. The molecule has 3 nitrogen and oxygen atoms in total. The van der Waals surface area contributed by atoms with Gasteiger partial charge in [-0.05, 0) is 32.7 Å². The number of thiazole rings is 1. The minimum absolute atomic E-state index is 0.606. The van der Waals surface area contributed by atoms with Gasteiger partial charge in [0.1, 0.15) is 0 Å². The summed E-state index contributed by atoms with van der Waals surface area (Å²) in [5, 5.41) is 7.04. The summed E-state index contributed by atoms with van der Waals surface area (Å²) in [7, 11) is 0. The van der Waals surface area contributed by atoms with Crippen molar-refractivity contribution in [3.63, 3.8) is 0 Å². The average Bonchev–Trinajstić information content (AvgIpc) is 2.62. The fourth-order valence-corrected chi connectivity index (χ4v) is 3.12. The second-order valence-electron chi connectivity index (χ2n) is 5.73. The van der Waals surface area contributed by atoms with E-state index in [0.717, 1.165) is 19.6 Å². The molecule has 2 atom stereocenters. The van der Waals surface area contributed by atoms with Gasteiger partial charge in [-0.1, -0.05) is 13.8 Å². The van der Waals surface area contributed by atoms with Gasteiger partial charge in [-0.15, -0.1) is 11.3 Å². The highest BCUT2D eigenvalue weighted by molar-refractivity contribution is 7.09. The van der Waals surface area contributed by atoms with Gasteiger partial charge in [0, 0.05) is 30.6 Å². The Bertz CT molecular complexity index is 375. The van der Waals surface area contributed by atoms with Crippen LogP contribution in [0.1, 0.15) is 37.9 Å². The summed E-state index contributed by atoms with van der Waals surface area (Å²) in [6.45, 7) is 12.3. The van der Waals surface area contributed by atoms with Crippen LogP contribution in [0.2, 0.25) is 0 Å². The maximum Gasteiger partial charge on any atom is 0.0897 e. The SMILES string of the molecule is Cc1nc(CN2CC(C(C)C)NCCC2C)cs1. The second kappa shape index (κ2) is 6.13. The lowest BCUT2D eigenvalue weighted by Gasteiger charge is -2.29. The Morgan fingerprint density at radius 1 is 1.56 bits per heavy atom. The van der Waals surface area contributed by atoms with E-state index >= 15 is 0 Å². The third-order valence-corrected chi connectivity index (χ3v) is 4.68. The van der Waals surface area contributed by atoms with Crippen molar-refractivity contribution < 1.29 is 0 Å². The van der Waals surface area contributed by atoms with Crippen molar-refractivity contribution in [3.8, 4) is 0 Å². The molecule has 102 valence electrons. The maximum atomic E-state index is 4.60. The lowest BCUT2D eigenvalue weighted by atomic mass is 10.0. The molecule has 18 heavy (non-hydrogen) atoms. The largest absolute Gasteiger partial charge is 0.312 e. The molecule has 1 fully saturated rings. The normalized spacial score (nSPS) is 26.5. The standard InChI is InChI=1S/C14H25N3S/c1-10(2)14-8-17(11(3)5-6-15-14)7-13-9-18-12(4)16-13/h9-11,14-15H,5-8H2,1-4H3. The Balaban J connectivity index is 2.03. The summed E-state index contributed by atoms with van der Waals surface area (Å²) in [5.74, 6) is 0.690. The van der Waals surface area contributed by atoms with Gasteiger partial charge in [0.2, 0.25) is 0 Å². The molecule has 1 N–H and O–H groups in total. The first-order valence-corrected chi connectivity index (χ1v) is 7.82. The first kappa shape index (κ1) is 14.0. The summed E-state index contributed by atoms with van der Waals surface area (Å²) in [5.41, 5.74) is 1.23. The molecule has 0 spiro atoms. The molecular weight excluding hydrogens is 242 g/mol. The molecule has 0 aromatic carbocycles. The zero-order valence-electron chi connectivity index (χ0n) is 11.9. The molecule has 1 aliphatic rings. The number of hydrogen-bond donors (Lipinski definition) is 1. The Labute approximate surface area is 115 Å². The van der Waals surface area contributed by atoms with E-state index in [-0.39, 0.29) is 0 Å². The van der Waals surface area contributed by atoms with E-state index in [1.165, 1.54) is 17.1 Å². The molecular formula is C14H25N3S. The predicted molar refractivity (Wildman–Crippen MR) is 78.0 cm³/mol. The third-order valence-electron chi connectivity index (χ3n) is 3.86.